The van der Waals surface area contributed by atoms with Crippen LogP contribution in [-0.2, 0) is 9.53 Å². The summed E-state index contributed by atoms with van der Waals surface area (Å²) < 4.78 is 5.41. The number of carbonyl (C=O) groups is 1. The van der Waals surface area contributed by atoms with Crippen LogP contribution in [0.5, 0.6) is 0 Å². The summed E-state index contributed by atoms with van der Waals surface area (Å²) in [6.07, 6.45) is 6.45. The lowest BCUT2D eigenvalue weighted by molar-refractivity contribution is -0.146. The summed E-state index contributed by atoms with van der Waals surface area (Å²) in [6.45, 7) is 2.20. The van der Waals surface area contributed by atoms with Gasteiger partial charge in [-0.2, -0.15) is 0 Å². The first-order chi connectivity index (χ1) is 13.2. The van der Waals surface area contributed by atoms with E-state index >= 15 is 0 Å². The molecule has 1 N–H and O–H groups in total. The van der Waals surface area contributed by atoms with Gasteiger partial charge in [-0.25, -0.2) is 0 Å². The van der Waals surface area contributed by atoms with Gasteiger partial charge in [0, 0.05) is 22.9 Å². The lowest BCUT2D eigenvalue weighted by Crippen LogP contribution is -2.51. The molecular formula is C23H22ClNO2. The van der Waals surface area contributed by atoms with E-state index in [2.05, 4.69) is 35.7 Å². The number of allylic oxidation sites excluding steroid dienone is 2. The molecule has 1 saturated heterocycles. The van der Waals surface area contributed by atoms with E-state index in [9.17, 15) is 4.79 Å². The number of rotatable bonds is 4. The fourth-order valence-electron chi connectivity index (χ4n) is 4.16. The average Bonchev–Trinajstić information content (AvgIpc) is 3.18. The third-order valence-electron chi connectivity index (χ3n) is 5.33. The number of ether oxygens (including phenoxy) is 1. The summed E-state index contributed by atoms with van der Waals surface area (Å²) in [4.78, 5) is 12.9. The monoisotopic (exact) mass is 379 g/mol. The highest BCUT2D eigenvalue weighted by Crippen LogP contribution is 2.46. The molecule has 1 fully saturated rings. The second-order valence-corrected chi connectivity index (χ2v) is 7.33. The molecule has 4 atom stereocenters. The molecular weight excluding hydrogens is 358 g/mol. The molecule has 2 aromatic carbocycles. The highest BCUT2D eigenvalue weighted by molar-refractivity contribution is 6.30. The zero-order valence-electron chi connectivity index (χ0n) is 15.1. The molecule has 0 aromatic heterocycles. The van der Waals surface area contributed by atoms with Crippen molar-refractivity contribution in [2.24, 2.45) is 5.92 Å². The van der Waals surface area contributed by atoms with Gasteiger partial charge in [-0.05, 0) is 30.2 Å². The summed E-state index contributed by atoms with van der Waals surface area (Å²) in [7, 11) is 0. The molecule has 2 aromatic rings. The molecule has 0 unspecified atom stereocenters. The molecule has 0 radical (unpaired) electrons. The molecule has 0 bridgehead atoms. The first kappa shape index (κ1) is 18.0. The Labute approximate surface area is 164 Å². The maximum Gasteiger partial charge on any atom is 0.324 e. The summed E-state index contributed by atoms with van der Waals surface area (Å²) in [5.41, 5.74) is 3.48. The van der Waals surface area contributed by atoms with Gasteiger partial charge >= 0.3 is 5.97 Å². The maximum atomic E-state index is 12.9. The van der Waals surface area contributed by atoms with Gasteiger partial charge in [0.25, 0.3) is 0 Å². The van der Waals surface area contributed by atoms with E-state index < -0.39 is 6.04 Å². The van der Waals surface area contributed by atoms with Gasteiger partial charge in [-0.15, -0.1) is 0 Å². The molecule has 27 heavy (non-hydrogen) atoms. The fraction of sp³-hybridized carbons (Fsp3) is 0.261. The van der Waals surface area contributed by atoms with Crippen LogP contribution < -0.4 is 5.32 Å². The minimum absolute atomic E-state index is 0.0363. The quantitative estimate of drug-likeness (QED) is 0.774. The normalized spacial score (nSPS) is 26.4. The van der Waals surface area contributed by atoms with Crippen LogP contribution in [0.3, 0.4) is 0 Å². The number of esters is 1. The van der Waals surface area contributed by atoms with Crippen molar-refractivity contribution < 1.29 is 9.53 Å². The van der Waals surface area contributed by atoms with Crippen molar-refractivity contribution in [2.75, 3.05) is 6.61 Å². The largest absolute Gasteiger partial charge is 0.465 e. The Morgan fingerprint density at radius 1 is 1.07 bits per heavy atom. The third kappa shape index (κ3) is 3.45. The van der Waals surface area contributed by atoms with Crippen LogP contribution in [0.4, 0.5) is 0 Å². The molecule has 2 aliphatic rings. The highest BCUT2D eigenvalue weighted by Gasteiger charge is 2.45. The van der Waals surface area contributed by atoms with Gasteiger partial charge in [0.1, 0.15) is 6.04 Å². The molecule has 1 aliphatic heterocycles. The van der Waals surface area contributed by atoms with Crippen molar-refractivity contribution in [3.8, 4) is 0 Å². The number of hydrogen-bond donors (Lipinski definition) is 1. The smallest absolute Gasteiger partial charge is 0.324 e. The summed E-state index contributed by atoms with van der Waals surface area (Å²) in [5, 5.41) is 4.28. The van der Waals surface area contributed by atoms with Crippen molar-refractivity contribution in [1.82, 2.24) is 5.32 Å². The topological polar surface area (TPSA) is 38.3 Å². The van der Waals surface area contributed by atoms with E-state index in [1.54, 1.807) is 0 Å². The lowest BCUT2D eigenvalue weighted by atomic mass is 9.72. The van der Waals surface area contributed by atoms with E-state index in [1.165, 1.54) is 11.1 Å². The number of piperidine rings is 1. The van der Waals surface area contributed by atoms with Crippen molar-refractivity contribution in [1.29, 1.82) is 0 Å². The second-order valence-electron chi connectivity index (χ2n) is 6.89. The first-order valence-corrected chi connectivity index (χ1v) is 9.68. The van der Waals surface area contributed by atoms with Crippen LogP contribution in [0.2, 0.25) is 5.02 Å². The van der Waals surface area contributed by atoms with Gasteiger partial charge < -0.3 is 4.74 Å². The summed E-state index contributed by atoms with van der Waals surface area (Å²) in [6, 6.07) is 17.6. The second kappa shape index (κ2) is 7.71. The number of nitrogens with one attached hydrogen (secondary N) is 1. The Kier molecular flexibility index (Phi) is 5.15. The number of carbonyl (C=O) groups excluding carboxylic acids is 1. The molecule has 3 nitrogen and oxygen atoms in total. The standard InChI is InChI=1S/C23H22ClNO2/c1-2-27-23(26)22-20(15-11-13-17(24)14-12-15)18-9-6-10-19(18)21(25-22)16-7-4-3-5-8-16/h3-14,19-22,25H,2H2,1H3/t19-,20+,21+,22+/m1/s1. The van der Waals surface area contributed by atoms with Crippen LogP contribution in [0.25, 0.3) is 0 Å². The van der Waals surface area contributed by atoms with E-state index in [0.29, 0.717) is 11.6 Å². The van der Waals surface area contributed by atoms with Gasteiger partial charge in [0.15, 0.2) is 0 Å². The van der Waals surface area contributed by atoms with Crippen LogP contribution in [-0.4, -0.2) is 18.6 Å². The Bertz CT molecular complexity index is 873. The highest BCUT2D eigenvalue weighted by atomic mass is 35.5. The first-order valence-electron chi connectivity index (χ1n) is 9.30. The zero-order chi connectivity index (χ0) is 18.8. The van der Waals surface area contributed by atoms with Crippen molar-refractivity contribution in [3.05, 3.63) is 94.5 Å². The van der Waals surface area contributed by atoms with E-state index in [-0.39, 0.29) is 23.8 Å². The van der Waals surface area contributed by atoms with Crippen LogP contribution >= 0.6 is 11.6 Å². The Morgan fingerprint density at radius 2 is 1.81 bits per heavy atom. The maximum absolute atomic E-state index is 12.9. The Morgan fingerprint density at radius 3 is 2.52 bits per heavy atom. The van der Waals surface area contributed by atoms with Gasteiger partial charge in [0.2, 0.25) is 0 Å². The SMILES string of the molecule is CCOC(=O)[C@H]1N[C@@H](c2ccccc2)[C@@H]2C=CC=C2[C@@H]1c1ccc(Cl)cc1. The molecule has 138 valence electrons. The van der Waals surface area contributed by atoms with E-state index in [1.807, 2.05) is 49.4 Å². The summed E-state index contributed by atoms with van der Waals surface area (Å²) in [5.74, 6) is -0.0929. The fourth-order valence-corrected chi connectivity index (χ4v) is 4.29. The van der Waals surface area contributed by atoms with Crippen molar-refractivity contribution >= 4 is 17.6 Å². The van der Waals surface area contributed by atoms with Gasteiger partial charge in [0.05, 0.1) is 6.61 Å². The van der Waals surface area contributed by atoms with Crippen LogP contribution in [0.15, 0.2) is 78.4 Å². The van der Waals surface area contributed by atoms with Gasteiger partial charge in [-0.3, -0.25) is 10.1 Å². The molecule has 1 aliphatic carbocycles. The molecule has 1 heterocycles. The van der Waals surface area contributed by atoms with Gasteiger partial charge in [-0.1, -0.05) is 77.9 Å². The van der Waals surface area contributed by atoms with Crippen LogP contribution in [0, 0.1) is 5.92 Å². The summed E-state index contributed by atoms with van der Waals surface area (Å²) >= 11 is 6.08. The lowest BCUT2D eigenvalue weighted by Gasteiger charge is -2.42. The predicted molar refractivity (Wildman–Crippen MR) is 108 cm³/mol. The number of halogens is 1. The van der Waals surface area contributed by atoms with Crippen molar-refractivity contribution in [3.63, 3.8) is 0 Å². The number of hydrogen-bond acceptors (Lipinski definition) is 3. The molecule has 4 rings (SSSR count). The number of fused-ring (bicyclic) bond motifs is 1. The van der Waals surface area contributed by atoms with E-state index in [0.717, 1.165) is 5.56 Å². The predicted octanol–water partition coefficient (Wildman–Crippen LogP) is 4.81. The molecule has 0 amide bonds. The molecule has 0 spiro atoms. The molecule has 0 saturated carbocycles. The third-order valence-corrected chi connectivity index (χ3v) is 5.58. The number of benzene rings is 2. The van der Waals surface area contributed by atoms with E-state index in [4.69, 9.17) is 16.3 Å². The minimum atomic E-state index is -0.446. The zero-order valence-corrected chi connectivity index (χ0v) is 15.9. The Hall–Kier alpha value is -2.36. The van der Waals surface area contributed by atoms with Crippen LogP contribution in [0.1, 0.15) is 30.0 Å². The average molecular weight is 380 g/mol. The Balaban J connectivity index is 1.76. The molecule has 4 heteroatoms. The van der Waals surface area contributed by atoms with Crippen molar-refractivity contribution in [2.45, 2.75) is 24.9 Å². The minimum Gasteiger partial charge on any atom is -0.465 e.